The molecular formula is C17H21ClN4OS. The van der Waals surface area contributed by atoms with Crippen LogP contribution in [0.1, 0.15) is 27.5 Å². The topological polar surface area (TPSA) is 71.2 Å². The molecule has 1 atom stereocenters. The van der Waals surface area contributed by atoms with Gasteiger partial charge in [-0.15, -0.1) is 11.3 Å². The van der Waals surface area contributed by atoms with Crippen LogP contribution in [0.4, 0.5) is 5.69 Å². The minimum absolute atomic E-state index is 0.122. The highest BCUT2D eigenvalue weighted by molar-refractivity contribution is 7.09. The highest BCUT2D eigenvalue weighted by atomic mass is 35.5. The van der Waals surface area contributed by atoms with Gasteiger partial charge in [0.2, 0.25) is 0 Å². The lowest BCUT2D eigenvalue weighted by Gasteiger charge is -2.21. The number of amides is 1. The molecule has 3 N–H and O–H groups in total. The van der Waals surface area contributed by atoms with E-state index in [1.54, 1.807) is 5.38 Å². The van der Waals surface area contributed by atoms with Crippen LogP contribution in [-0.2, 0) is 6.54 Å². The van der Waals surface area contributed by atoms with E-state index in [0.717, 1.165) is 29.5 Å². The lowest BCUT2D eigenvalue weighted by molar-refractivity contribution is 0.0944. The van der Waals surface area contributed by atoms with Gasteiger partial charge in [0.1, 0.15) is 10.7 Å². The standard InChI is InChI=1S/C17H21ClN4OS/c1-11-2-3-13(18)6-15(11)22-5-4-12(9-22)8-20-17(23)14-10-24-16(7-19)21-14/h2-3,6,10,12H,4-5,7-9,19H2,1H3,(H,20,23). The first-order valence-electron chi connectivity index (χ1n) is 8.00. The lowest BCUT2D eigenvalue weighted by atomic mass is 10.1. The number of halogens is 1. The molecule has 128 valence electrons. The maximum Gasteiger partial charge on any atom is 0.270 e. The monoisotopic (exact) mass is 364 g/mol. The fraction of sp³-hybridized carbons (Fsp3) is 0.412. The van der Waals surface area contributed by atoms with Crippen LogP contribution in [0.2, 0.25) is 5.02 Å². The zero-order chi connectivity index (χ0) is 17.1. The van der Waals surface area contributed by atoms with E-state index in [1.165, 1.54) is 22.6 Å². The molecule has 1 aliphatic rings. The molecule has 1 aromatic carbocycles. The second-order valence-electron chi connectivity index (χ2n) is 6.07. The second kappa shape index (κ2) is 7.51. The molecule has 1 saturated heterocycles. The van der Waals surface area contributed by atoms with E-state index in [1.807, 2.05) is 18.2 Å². The van der Waals surface area contributed by atoms with Crippen molar-refractivity contribution in [2.75, 3.05) is 24.5 Å². The second-order valence-corrected chi connectivity index (χ2v) is 7.45. The fourth-order valence-corrected chi connectivity index (χ4v) is 3.80. The number of anilines is 1. The van der Waals surface area contributed by atoms with Crippen molar-refractivity contribution in [1.82, 2.24) is 10.3 Å². The van der Waals surface area contributed by atoms with E-state index in [4.69, 9.17) is 17.3 Å². The Kier molecular flexibility index (Phi) is 5.38. The first-order chi connectivity index (χ1) is 11.6. The van der Waals surface area contributed by atoms with Crippen molar-refractivity contribution >= 4 is 34.5 Å². The Morgan fingerprint density at radius 3 is 3.12 bits per heavy atom. The van der Waals surface area contributed by atoms with Gasteiger partial charge < -0.3 is 16.0 Å². The molecule has 0 spiro atoms. The SMILES string of the molecule is Cc1ccc(Cl)cc1N1CCC(CNC(=O)c2csc(CN)n2)C1. The molecule has 1 unspecified atom stereocenters. The number of nitrogens with one attached hydrogen (secondary N) is 1. The molecule has 1 amide bonds. The Labute approximate surface area is 150 Å². The predicted octanol–water partition coefficient (Wildman–Crippen LogP) is 2.82. The fourth-order valence-electron chi connectivity index (χ4n) is 2.98. The Hall–Kier alpha value is -1.63. The van der Waals surface area contributed by atoms with E-state index in [-0.39, 0.29) is 5.91 Å². The van der Waals surface area contributed by atoms with Crippen LogP contribution in [-0.4, -0.2) is 30.5 Å². The van der Waals surface area contributed by atoms with Gasteiger partial charge in [-0.05, 0) is 37.0 Å². The summed E-state index contributed by atoms with van der Waals surface area (Å²) in [5.74, 6) is 0.309. The summed E-state index contributed by atoms with van der Waals surface area (Å²) in [6.45, 7) is 5.03. The third-order valence-electron chi connectivity index (χ3n) is 4.31. The molecular weight excluding hydrogens is 344 g/mol. The molecule has 7 heteroatoms. The summed E-state index contributed by atoms with van der Waals surface area (Å²) in [6, 6.07) is 5.98. The van der Waals surface area contributed by atoms with Crippen LogP contribution in [0.25, 0.3) is 0 Å². The van der Waals surface area contributed by atoms with Gasteiger partial charge in [0, 0.05) is 42.3 Å². The van der Waals surface area contributed by atoms with Crippen LogP contribution < -0.4 is 16.0 Å². The highest BCUT2D eigenvalue weighted by Crippen LogP contribution is 2.29. The van der Waals surface area contributed by atoms with E-state index < -0.39 is 0 Å². The van der Waals surface area contributed by atoms with Crippen LogP contribution in [0.3, 0.4) is 0 Å². The van der Waals surface area contributed by atoms with Gasteiger partial charge in [-0.1, -0.05) is 17.7 Å². The maximum atomic E-state index is 12.1. The quantitative estimate of drug-likeness (QED) is 0.855. The zero-order valence-corrected chi connectivity index (χ0v) is 15.2. The van der Waals surface area contributed by atoms with Gasteiger partial charge in [-0.3, -0.25) is 4.79 Å². The number of hydrogen-bond acceptors (Lipinski definition) is 5. The lowest BCUT2D eigenvalue weighted by Crippen LogP contribution is -2.31. The largest absolute Gasteiger partial charge is 0.371 e. The number of aromatic nitrogens is 1. The van der Waals surface area contributed by atoms with Gasteiger partial charge in [0.25, 0.3) is 5.91 Å². The average molecular weight is 365 g/mol. The van der Waals surface area contributed by atoms with Crippen LogP contribution in [0.5, 0.6) is 0 Å². The summed E-state index contributed by atoms with van der Waals surface area (Å²) >= 11 is 7.54. The molecule has 0 aliphatic carbocycles. The van der Waals surface area contributed by atoms with E-state index >= 15 is 0 Å². The first-order valence-corrected chi connectivity index (χ1v) is 9.26. The summed E-state index contributed by atoms with van der Waals surface area (Å²) < 4.78 is 0. The minimum Gasteiger partial charge on any atom is -0.371 e. The van der Waals surface area contributed by atoms with Crippen LogP contribution in [0, 0.1) is 12.8 Å². The smallest absolute Gasteiger partial charge is 0.270 e. The molecule has 0 saturated carbocycles. The van der Waals surface area contributed by atoms with Crippen molar-refractivity contribution in [2.24, 2.45) is 11.7 Å². The van der Waals surface area contributed by atoms with Crippen molar-refractivity contribution in [3.05, 3.63) is 44.9 Å². The molecule has 2 heterocycles. The number of nitrogens with zero attached hydrogens (tertiary/aromatic N) is 2. The van der Waals surface area contributed by atoms with Crippen molar-refractivity contribution in [1.29, 1.82) is 0 Å². The molecule has 1 fully saturated rings. The molecule has 24 heavy (non-hydrogen) atoms. The number of carbonyl (C=O) groups excluding carboxylic acids is 1. The van der Waals surface area contributed by atoms with E-state index in [9.17, 15) is 4.79 Å². The Morgan fingerprint density at radius 1 is 1.54 bits per heavy atom. The number of carbonyl (C=O) groups is 1. The van der Waals surface area contributed by atoms with E-state index in [2.05, 4.69) is 22.1 Å². The Morgan fingerprint density at radius 2 is 2.38 bits per heavy atom. The Bertz CT molecular complexity index is 733. The average Bonchev–Trinajstić information content (AvgIpc) is 3.24. The molecule has 1 aromatic heterocycles. The van der Waals surface area contributed by atoms with Crippen LogP contribution >= 0.6 is 22.9 Å². The summed E-state index contributed by atoms with van der Waals surface area (Å²) in [5, 5.41) is 6.28. The zero-order valence-electron chi connectivity index (χ0n) is 13.6. The number of benzene rings is 1. The summed E-state index contributed by atoms with van der Waals surface area (Å²) in [4.78, 5) is 18.7. The van der Waals surface area contributed by atoms with Gasteiger partial charge in [-0.25, -0.2) is 4.98 Å². The molecule has 0 bridgehead atoms. The number of nitrogens with two attached hydrogens (primary N) is 1. The predicted molar refractivity (Wildman–Crippen MR) is 98.8 cm³/mol. The third-order valence-corrected chi connectivity index (χ3v) is 5.41. The molecule has 5 nitrogen and oxygen atoms in total. The number of thiazole rings is 1. The van der Waals surface area contributed by atoms with Crippen molar-refractivity contribution in [3.8, 4) is 0 Å². The number of aryl methyl sites for hydroxylation is 1. The number of hydrogen-bond donors (Lipinski definition) is 2. The molecule has 3 rings (SSSR count). The molecule has 1 aliphatic heterocycles. The third kappa shape index (κ3) is 3.88. The maximum absolute atomic E-state index is 12.1. The normalized spacial score (nSPS) is 17.3. The molecule has 2 aromatic rings. The van der Waals surface area contributed by atoms with Gasteiger partial charge in [0.05, 0.1) is 0 Å². The summed E-state index contributed by atoms with van der Waals surface area (Å²) in [6.07, 6.45) is 1.05. The minimum atomic E-state index is -0.122. The van der Waals surface area contributed by atoms with Crippen molar-refractivity contribution in [3.63, 3.8) is 0 Å². The van der Waals surface area contributed by atoms with Crippen LogP contribution in [0.15, 0.2) is 23.6 Å². The van der Waals surface area contributed by atoms with Crippen molar-refractivity contribution < 1.29 is 4.79 Å². The summed E-state index contributed by atoms with van der Waals surface area (Å²) in [7, 11) is 0. The van der Waals surface area contributed by atoms with E-state index in [0.29, 0.717) is 24.7 Å². The number of rotatable bonds is 5. The Balaban J connectivity index is 1.54. The van der Waals surface area contributed by atoms with Crippen molar-refractivity contribution in [2.45, 2.75) is 19.9 Å². The van der Waals surface area contributed by atoms with Gasteiger partial charge in [-0.2, -0.15) is 0 Å². The molecule has 0 radical (unpaired) electrons. The first kappa shape index (κ1) is 17.2. The highest BCUT2D eigenvalue weighted by Gasteiger charge is 2.24. The summed E-state index contributed by atoms with van der Waals surface area (Å²) in [5.41, 5.74) is 8.40. The van der Waals surface area contributed by atoms with Gasteiger partial charge in [0.15, 0.2) is 0 Å². The van der Waals surface area contributed by atoms with Gasteiger partial charge >= 0.3 is 0 Å².